The summed E-state index contributed by atoms with van der Waals surface area (Å²) in [6.45, 7) is 23.5. The summed E-state index contributed by atoms with van der Waals surface area (Å²) in [5.41, 5.74) is -0.721. The molecule has 0 aliphatic carbocycles. The van der Waals surface area contributed by atoms with Gasteiger partial charge in [0.2, 0.25) is 5.91 Å². The Morgan fingerprint density at radius 1 is 1.12 bits per heavy atom. The van der Waals surface area contributed by atoms with Gasteiger partial charge in [0.15, 0.2) is 8.32 Å². The van der Waals surface area contributed by atoms with Gasteiger partial charge in [0.05, 0.1) is 19.3 Å². The molecule has 0 aromatic carbocycles. The van der Waals surface area contributed by atoms with Gasteiger partial charge in [0, 0.05) is 6.42 Å². The standard InChI is InChI=1S/C25H44N2O6Si/c1-12-14-17(26-23(30)32-24(3,4)5)21(28)27-18(15-13-2)20(16-19(27)22(29)31-9)33-34(10,11)25(6,7)8/h12-13,17-20H,1-2,14-16H2,3-11H3,(H,26,30)/t17-,18-,19-,20+/m0/s1. The van der Waals surface area contributed by atoms with Crippen LogP contribution in [0.5, 0.6) is 0 Å². The monoisotopic (exact) mass is 496 g/mol. The van der Waals surface area contributed by atoms with Gasteiger partial charge >= 0.3 is 12.1 Å². The largest absolute Gasteiger partial charge is 0.467 e. The lowest BCUT2D eigenvalue weighted by atomic mass is 10.1. The first-order valence-corrected chi connectivity index (χ1v) is 14.7. The molecule has 0 bridgehead atoms. The van der Waals surface area contributed by atoms with Gasteiger partial charge in [-0.2, -0.15) is 0 Å². The number of methoxy groups -OCH3 is 1. The molecule has 1 aliphatic rings. The minimum absolute atomic E-state index is 0.0481. The molecule has 2 amide bonds. The molecule has 1 aliphatic heterocycles. The van der Waals surface area contributed by atoms with Gasteiger partial charge in [-0.15, -0.1) is 13.2 Å². The van der Waals surface area contributed by atoms with Crippen LogP contribution in [-0.4, -0.2) is 68.1 Å². The maximum Gasteiger partial charge on any atom is 0.408 e. The molecule has 1 saturated heterocycles. The van der Waals surface area contributed by atoms with Crippen LogP contribution in [0.15, 0.2) is 25.3 Å². The smallest absolute Gasteiger partial charge is 0.408 e. The number of nitrogens with zero attached hydrogens (tertiary/aromatic N) is 1. The zero-order chi connectivity index (χ0) is 26.5. The van der Waals surface area contributed by atoms with Gasteiger partial charge in [-0.25, -0.2) is 9.59 Å². The summed E-state index contributed by atoms with van der Waals surface area (Å²) in [7, 11) is -0.904. The molecule has 0 unspecified atom stereocenters. The van der Waals surface area contributed by atoms with E-state index in [9.17, 15) is 14.4 Å². The third-order valence-corrected chi connectivity index (χ3v) is 10.9. The second-order valence-electron chi connectivity index (χ2n) is 11.3. The molecule has 0 aromatic rings. The van der Waals surface area contributed by atoms with Gasteiger partial charge in [-0.1, -0.05) is 32.9 Å². The summed E-state index contributed by atoms with van der Waals surface area (Å²) in [5.74, 6) is -0.923. The number of amides is 2. The van der Waals surface area contributed by atoms with Gasteiger partial charge in [0.1, 0.15) is 17.7 Å². The molecule has 0 radical (unpaired) electrons. The normalized spacial score (nSPS) is 22.0. The molecule has 194 valence electrons. The fraction of sp³-hybridized carbons (Fsp3) is 0.720. The third-order valence-electron chi connectivity index (χ3n) is 6.36. The van der Waals surface area contributed by atoms with Crippen molar-refractivity contribution in [1.29, 1.82) is 0 Å². The quantitative estimate of drug-likeness (QED) is 0.286. The van der Waals surface area contributed by atoms with E-state index in [1.165, 1.54) is 12.0 Å². The van der Waals surface area contributed by atoms with Crippen LogP contribution in [0.3, 0.4) is 0 Å². The lowest BCUT2D eigenvalue weighted by Crippen LogP contribution is -2.56. The Bertz CT molecular complexity index is 768. The number of rotatable bonds is 9. The molecule has 0 saturated carbocycles. The lowest BCUT2D eigenvalue weighted by Gasteiger charge is -2.40. The van der Waals surface area contributed by atoms with Crippen molar-refractivity contribution in [2.75, 3.05) is 7.11 Å². The Labute approximate surface area is 206 Å². The fourth-order valence-electron chi connectivity index (χ4n) is 3.70. The van der Waals surface area contributed by atoms with Crippen molar-refractivity contribution < 1.29 is 28.3 Å². The first-order chi connectivity index (χ1) is 15.5. The van der Waals surface area contributed by atoms with Crippen LogP contribution in [0.4, 0.5) is 4.79 Å². The molecule has 0 spiro atoms. The molecule has 1 fully saturated rings. The highest BCUT2D eigenvalue weighted by Crippen LogP contribution is 2.41. The van der Waals surface area contributed by atoms with Crippen molar-refractivity contribution in [1.82, 2.24) is 10.2 Å². The number of carbonyl (C=O) groups is 3. The molecule has 9 heteroatoms. The molecular formula is C25H44N2O6Si. The maximum atomic E-state index is 13.8. The molecular weight excluding hydrogens is 452 g/mol. The van der Waals surface area contributed by atoms with Crippen LogP contribution in [0.25, 0.3) is 0 Å². The van der Waals surface area contributed by atoms with Gasteiger partial charge in [-0.05, 0) is 51.7 Å². The van der Waals surface area contributed by atoms with Crippen LogP contribution in [0.2, 0.25) is 18.1 Å². The van der Waals surface area contributed by atoms with Crippen molar-refractivity contribution in [3.8, 4) is 0 Å². The molecule has 1 heterocycles. The van der Waals surface area contributed by atoms with E-state index in [2.05, 4.69) is 52.3 Å². The van der Waals surface area contributed by atoms with Crippen molar-refractivity contribution in [2.24, 2.45) is 0 Å². The van der Waals surface area contributed by atoms with E-state index in [1.54, 1.807) is 32.9 Å². The summed E-state index contributed by atoms with van der Waals surface area (Å²) >= 11 is 0. The van der Waals surface area contributed by atoms with E-state index >= 15 is 0 Å². The van der Waals surface area contributed by atoms with Gasteiger partial charge < -0.3 is 24.1 Å². The number of nitrogens with one attached hydrogen (secondary N) is 1. The zero-order valence-electron chi connectivity index (χ0n) is 22.4. The fourth-order valence-corrected chi connectivity index (χ4v) is 5.06. The Hall–Kier alpha value is -2.13. The summed E-state index contributed by atoms with van der Waals surface area (Å²) in [5, 5.41) is 2.60. The van der Waals surface area contributed by atoms with Crippen LogP contribution in [0.1, 0.15) is 60.8 Å². The Kier molecular flexibility index (Phi) is 10.1. The Morgan fingerprint density at radius 2 is 1.71 bits per heavy atom. The number of carbonyl (C=O) groups excluding carboxylic acids is 3. The van der Waals surface area contributed by atoms with Crippen molar-refractivity contribution in [3.05, 3.63) is 25.3 Å². The first-order valence-electron chi connectivity index (χ1n) is 11.8. The summed E-state index contributed by atoms with van der Waals surface area (Å²) in [6, 6.07) is -2.20. The minimum Gasteiger partial charge on any atom is -0.467 e. The molecule has 4 atom stereocenters. The van der Waals surface area contributed by atoms with Crippen molar-refractivity contribution >= 4 is 26.3 Å². The van der Waals surface area contributed by atoms with Gasteiger partial charge in [0.25, 0.3) is 0 Å². The summed E-state index contributed by atoms with van der Waals surface area (Å²) in [4.78, 5) is 40.5. The molecule has 34 heavy (non-hydrogen) atoms. The average molecular weight is 497 g/mol. The molecule has 0 aromatic heterocycles. The number of alkyl carbamates (subject to hydrolysis) is 1. The van der Waals surface area contributed by atoms with Crippen LogP contribution >= 0.6 is 0 Å². The zero-order valence-corrected chi connectivity index (χ0v) is 23.4. The minimum atomic E-state index is -2.21. The predicted molar refractivity (Wildman–Crippen MR) is 136 cm³/mol. The molecule has 1 rings (SSSR count). The van der Waals surface area contributed by atoms with E-state index in [-0.39, 0.29) is 17.6 Å². The van der Waals surface area contributed by atoms with Crippen LogP contribution in [-0.2, 0) is 23.5 Å². The second-order valence-corrected chi connectivity index (χ2v) is 16.0. The number of ether oxygens (including phenoxy) is 2. The second kappa shape index (κ2) is 11.5. The highest BCUT2D eigenvalue weighted by Gasteiger charge is 2.52. The van der Waals surface area contributed by atoms with E-state index in [0.717, 1.165) is 0 Å². The van der Waals surface area contributed by atoms with Gasteiger partial charge in [-0.3, -0.25) is 4.79 Å². The van der Waals surface area contributed by atoms with Crippen LogP contribution in [0, 0.1) is 0 Å². The average Bonchev–Trinajstić information content (AvgIpc) is 3.02. The van der Waals surface area contributed by atoms with E-state index in [0.29, 0.717) is 12.8 Å². The van der Waals surface area contributed by atoms with E-state index in [4.69, 9.17) is 13.9 Å². The third kappa shape index (κ3) is 7.70. The number of likely N-dealkylation sites (tertiary alicyclic amines) is 1. The highest BCUT2D eigenvalue weighted by atomic mass is 28.4. The SMILES string of the molecule is C=CC[C@H](NC(=O)OC(C)(C)C)C(=O)N1[C@H](C(=O)OC)C[C@@H](O[Si](C)(C)C(C)(C)C)[C@@H]1CC=C. The van der Waals surface area contributed by atoms with E-state index in [1.807, 2.05) is 0 Å². The maximum absolute atomic E-state index is 13.8. The topological polar surface area (TPSA) is 94.2 Å². The summed E-state index contributed by atoms with van der Waals surface area (Å²) < 4.78 is 17.1. The Balaban J connectivity index is 3.36. The summed E-state index contributed by atoms with van der Waals surface area (Å²) in [6.07, 6.45) is 3.12. The number of hydrogen-bond acceptors (Lipinski definition) is 6. The molecule has 8 nitrogen and oxygen atoms in total. The molecule has 1 N–H and O–H groups in total. The highest BCUT2D eigenvalue weighted by molar-refractivity contribution is 6.74. The lowest BCUT2D eigenvalue weighted by molar-refractivity contribution is -0.153. The Morgan fingerprint density at radius 3 is 2.15 bits per heavy atom. The van der Waals surface area contributed by atoms with Crippen molar-refractivity contribution in [2.45, 2.75) is 109 Å². The van der Waals surface area contributed by atoms with E-state index < -0.39 is 50.0 Å². The van der Waals surface area contributed by atoms with Crippen LogP contribution < -0.4 is 5.32 Å². The number of hydrogen-bond donors (Lipinski definition) is 1. The van der Waals surface area contributed by atoms with Crippen molar-refractivity contribution in [3.63, 3.8) is 0 Å². The predicted octanol–water partition coefficient (Wildman–Crippen LogP) is 4.56. The first kappa shape index (κ1) is 29.9. The number of esters is 1.